The topological polar surface area (TPSA) is 40.9 Å². The second-order valence-electron chi connectivity index (χ2n) is 5.25. The van der Waals surface area contributed by atoms with Crippen LogP contribution in [0.2, 0.25) is 5.02 Å². The molecule has 2 aromatic rings. The number of carbonyl (C=O) groups excluding carboxylic acids is 1. The minimum absolute atomic E-state index is 0.185. The second kappa shape index (κ2) is 6.56. The number of Topliss-reactive ketones (excluding diaryl/α,β-unsaturated/α-hetero) is 1. The van der Waals surface area contributed by atoms with E-state index in [0.29, 0.717) is 22.1 Å². The van der Waals surface area contributed by atoms with Crippen molar-refractivity contribution >= 4 is 17.4 Å². The molecule has 0 heterocycles. The standard InChI is InChI=1S/C18H16ClNO/c1-12(2)13-3-5-15(6-4-13)18(21)17(11-20)14-7-9-16(19)10-8-14/h3-10,12,17H,1-2H3. The summed E-state index contributed by atoms with van der Waals surface area (Å²) in [6.07, 6.45) is 0. The van der Waals surface area contributed by atoms with Crippen molar-refractivity contribution in [3.8, 4) is 6.07 Å². The summed E-state index contributed by atoms with van der Waals surface area (Å²) in [6.45, 7) is 4.20. The zero-order valence-electron chi connectivity index (χ0n) is 12.0. The number of benzene rings is 2. The Morgan fingerprint density at radius 1 is 1.00 bits per heavy atom. The quantitative estimate of drug-likeness (QED) is 0.749. The highest BCUT2D eigenvalue weighted by Gasteiger charge is 2.21. The lowest BCUT2D eigenvalue weighted by Gasteiger charge is -2.10. The molecule has 0 aliphatic rings. The number of ketones is 1. The van der Waals surface area contributed by atoms with Gasteiger partial charge in [-0.15, -0.1) is 0 Å². The molecule has 2 aromatic carbocycles. The molecule has 0 radical (unpaired) electrons. The molecular weight excluding hydrogens is 282 g/mol. The lowest BCUT2D eigenvalue weighted by atomic mass is 9.91. The van der Waals surface area contributed by atoms with Gasteiger partial charge in [0, 0.05) is 10.6 Å². The summed E-state index contributed by atoms with van der Waals surface area (Å²) in [5, 5.41) is 9.91. The largest absolute Gasteiger partial charge is 0.292 e. The number of hydrogen-bond acceptors (Lipinski definition) is 2. The van der Waals surface area contributed by atoms with Crippen LogP contribution in [0.1, 0.15) is 47.2 Å². The smallest absolute Gasteiger partial charge is 0.184 e. The SMILES string of the molecule is CC(C)c1ccc(C(=O)C(C#N)c2ccc(Cl)cc2)cc1. The van der Waals surface area contributed by atoms with Gasteiger partial charge in [-0.3, -0.25) is 4.79 Å². The third kappa shape index (κ3) is 3.51. The van der Waals surface area contributed by atoms with Crippen LogP contribution < -0.4 is 0 Å². The van der Waals surface area contributed by atoms with Crippen molar-refractivity contribution in [1.82, 2.24) is 0 Å². The maximum atomic E-state index is 12.5. The van der Waals surface area contributed by atoms with Crippen LogP contribution >= 0.6 is 11.6 Å². The Hall–Kier alpha value is -2.11. The molecule has 1 atom stereocenters. The van der Waals surface area contributed by atoms with Crippen molar-refractivity contribution < 1.29 is 4.79 Å². The van der Waals surface area contributed by atoms with Gasteiger partial charge in [0.15, 0.2) is 5.78 Å². The van der Waals surface area contributed by atoms with E-state index in [1.54, 1.807) is 36.4 Å². The number of carbonyl (C=O) groups is 1. The molecule has 0 saturated carbocycles. The van der Waals surface area contributed by atoms with Crippen molar-refractivity contribution in [2.75, 3.05) is 0 Å². The molecule has 2 nitrogen and oxygen atoms in total. The Labute approximate surface area is 130 Å². The monoisotopic (exact) mass is 297 g/mol. The van der Waals surface area contributed by atoms with E-state index >= 15 is 0 Å². The van der Waals surface area contributed by atoms with Gasteiger partial charge in [-0.1, -0.05) is 61.8 Å². The molecule has 1 unspecified atom stereocenters. The highest BCUT2D eigenvalue weighted by molar-refractivity contribution is 6.30. The summed E-state index contributed by atoms with van der Waals surface area (Å²) in [4.78, 5) is 12.5. The Morgan fingerprint density at radius 3 is 2.00 bits per heavy atom. The van der Waals surface area contributed by atoms with Gasteiger partial charge in [0.05, 0.1) is 6.07 Å². The highest BCUT2D eigenvalue weighted by Crippen LogP contribution is 2.23. The predicted molar refractivity (Wildman–Crippen MR) is 84.7 cm³/mol. The van der Waals surface area contributed by atoms with Crippen LogP contribution in [0.25, 0.3) is 0 Å². The number of nitrogens with zero attached hydrogens (tertiary/aromatic N) is 1. The van der Waals surface area contributed by atoms with E-state index in [1.165, 1.54) is 5.56 Å². The van der Waals surface area contributed by atoms with Gasteiger partial charge in [0.25, 0.3) is 0 Å². The maximum Gasteiger partial charge on any atom is 0.184 e. The fraction of sp³-hybridized carbons (Fsp3) is 0.222. The van der Waals surface area contributed by atoms with Gasteiger partial charge in [-0.2, -0.15) is 5.26 Å². The maximum absolute atomic E-state index is 12.5. The Bertz CT molecular complexity index is 666. The van der Waals surface area contributed by atoms with Gasteiger partial charge in [0.2, 0.25) is 0 Å². The molecule has 0 aliphatic carbocycles. The van der Waals surface area contributed by atoms with E-state index in [2.05, 4.69) is 19.9 Å². The van der Waals surface area contributed by atoms with Crippen LogP contribution in [-0.4, -0.2) is 5.78 Å². The number of halogens is 1. The first-order chi connectivity index (χ1) is 10.0. The summed E-state index contributed by atoms with van der Waals surface area (Å²) >= 11 is 5.84. The summed E-state index contributed by atoms with van der Waals surface area (Å²) < 4.78 is 0. The molecular formula is C18H16ClNO. The Morgan fingerprint density at radius 2 is 1.52 bits per heavy atom. The molecule has 0 aliphatic heterocycles. The fourth-order valence-electron chi connectivity index (χ4n) is 2.14. The van der Waals surface area contributed by atoms with E-state index in [1.807, 2.05) is 12.1 Å². The van der Waals surface area contributed by atoms with Crippen LogP contribution in [0.5, 0.6) is 0 Å². The minimum atomic E-state index is -0.799. The molecule has 21 heavy (non-hydrogen) atoms. The van der Waals surface area contributed by atoms with Crippen LogP contribution in [0.15, 0.2) is 48.5 Å². The predicted octanol–water partition coefficient (Wildman–Crippen LogP) is 4.95. The first kappa shape index (κ1) is 15.3. The van der Waals surface area contributed by atoms with Crippen LogP contribution in [0.3, 0.4) is 0 Å². The summed E-state index contributed by atoms with van der Waals surface area (Å²) in [5.74, 6) is -0.570. The van der Waals surface area contributed by atoms with Crippen molar-refractivity contribution in [3.63, 3.8) is 0 Å². The van der Waals surface area contributed by atoms with E-state index in [4.69, 9.17) is 11.6 Å². The van der Waals surface area contributed by atoms with Gasteiger partial charge in [-0.25, -0.2) is 0 Å². The van der Waals surface area contributed by atoms with Gasteiger partial charge >= 0.3 is 0 Å². The first-order valence-electron chi connectivity index (χ1n) is 6.82. The molecule has 0 aromatic heterocycles. The summed E-state index contributed by atoms with van der Waals surface area (Å²) in [6, 6.07) is 16.4. The zero-order chi connectivity index (χ0) is 15.4. The summed E-state index contributed by atoms with van der Waals surface area (Å²) in [5.41, 5.74) is 2.40. The summed E-state index contributed by atoms with van der Waals surface area (Å²) in [7, 11) is 0. The molecule has 0 saturated heterocycles. The van der Waals surface area contributed by atoms with Crippen LogP contribution in [-0.2, 0) is 0 Å². The van der Waals surface area contributed by atoms with Crippen LogP contribution in [0.4, 0.5) is 0 Å². The number of hydrogen-bond donors (Lipinski definition) is 0. The molecule has 3 heteroatoms. The second-order valence-corrected chi connectivity index (χ2v) is 5.69. The number of rotatable bonds is 4. The lowest BCUT2D eigenvalue weighted by molar-refractivity contribution is 0.0979. The van der Waals surface area contributed by atoms with Gasteiger partial charge in [-0.05, 0) is 29.2 Å². The van der Waals surface area contributed by atoms with E-state index < -0.39 is 5.92 Å². The van der Waals surface area contributed by atoms with E-state index in [0.717, 1.165) is 0 Å². The molecule has 0 N–H and O–H groups in total. The molecule has 0 bridgehead atoms. The molecule has 0 fully saturated rings. The van der Waals surface area contributed by atoms with E-state index in [-0.39, 0.29) is 5.78 Å². The van der Waals surface area contributed by atoms with Crippen molar-refractivity contribution in [2.24, 2.45) is 0 Å². The normalized spacial score (nSPS) is 12.0. The lowest BCUT2D eigenvalue weighted by Crippen LogP contribution is -2.11. The third-order valence-corrected chi connectivity index (χ3v) is 3.71. The minimum Gasteiger partial charge on any atom is -0.292 e. The molecule has 106 valence electrons. The third-order valence-electron chi connectivity index (χ3n) is 3.46. The van der Waals surface area contributed by atoms with E-state index in [9.17, 15) is 10.1 Å². The molecule has 0 amide bonds. The molecule has 2 rings (SSSR count). The first-order valence-corrected chi connectivity index (χ1v) is 7.20. The van der Waals surface area contributed by atoms with Gasteiger partial charge in [0.1, 0.15) is 5.92 Å². The fourth-order valence-corrected chi connectivity index (χ4v) is 2.26. The average Bonchev–Trinajstić information content (AvgIpc) is 2.50. The van der Waals surface area contributed by atoms with Crippen molar-refractivity contribution in [1.29, 1.82) is 5.26 Å². The van der Waals surface area contributed by atoms with Gasteiger partial charge < -0.3 is 0 Å². The average molecular weight is 298 g/mol. The van der Waals surface area contributed by atoms with Crippen molar-refractivity contribution in [3.05, 3.63) is 70.2 Å². The highest BCUT2D eigenvalue weighted by atomic mass is 35.5. The Balaban J connectivity index is 2.28. The Kier molecular flexibility index (Phi) is 4.77. The van der Waals surface area contributed by atoms with Crippen LogP contribution in [0, 0.1) is 11.3 Å². The number of nitriles is 1. The zero-order valence-corrected chi connectivity index (χ0v) is 12.8. The van der Waals surface area contributed by atoms with Crippen molar-refractivity contribution in [2.45, 2.75) is 25.7 Å². The molecule has 0 spiro atoms.